The molecular formula is C18H20N6O3S. The summed E-state index contributed by atoms with van der Waals surface area (Å²) in [5.74, 6) is -0.0781. The first-order chi connectivity index (χ1) is 13.5. The second-order valence-electron chi connectivity index (χ2n) is 6.87. The lowest BCUT2D eigenvalue weighted by molar-refractivity contribution is -0.125. The van der Waals surface area contributed by atoms with E-state index in [4.69, 9.17) is 12.2 Å². The van der Waals surface area contributed by atoms with Gasteiger partial charge in [-0.25, -0.2) is 0 Å². The number of nitrogens with one attached hydrogen (secondary N) is 3. The monoisotopic (exact) mass is 400 g/mol. The molecule has 2 aliphatic rings. The van der Waals surface area contributed by atoms with Gasteiger partial charge in [0.25, 0.3) is 0 Å². The molecule has 0 spiro atoms. The summed E-state index contributed by atoms with van der Waals surface area (Å²) in [6.45, 7) is 0.208. The maximum atomic E-state index is 12.6. The number of hydrogen-bond donors (Lipinski definition) is 3. The van der Waals surface area contributed by atoms with Gasteiger partial charge in [0.1, 0.15) is 6.54 Å². The van der Waals surface area contributed by atoms with Crippen molar-refractivity contribution < 1.29 is 14.4 Å². The zero-order valence-electron chi connectivity index (χ0n) is 15.1. The summed E-state index contributed by atoms with van der Waals surface area (Å²) < 4.78 is 2.49. The highest BCUT2D eigenvalue weighted by Gasteiger charge is 2.28. The molecule has 4 rings (SSSR count). The molecule has 0 radical (unpaired) electrons. The second-order valence-corrected chi connectivity index (χ2v) is 7.25. The van der Waals surface area contributed by atoms with Crippen LogP contribution in [0.2, 0.25) is 0 Å². The first-order valence-electron chi connectivity index (χ1n) is 9.14. The number of benzene rings is 1. The molecule has 0 unspecified atom stereocenters. The summed E-state index contributed by atoms with van der Waals surface area (Å²) in [7, 11) is 0. The van der Waals surface area contributed by atoms with Crippen molar-refractivity contribution in [3.8, 4) is 0 Å². The molecule has 3 amide bonds. The lowest BCUT2D eigenvalue weighted by Crippen LogP contribution is -2.42. The summed E-state index contributed by atoms with van der Waals surface area (Å²) in [5.41, 5.74) is 1.24. The summed E-state index contributed by atoms with van der Waals surface area (Å²) in [6, 6.07) is 7.47. The molecule has 0 bridgehead atoms. The van der Waals surface area contributed by atoms with Crippen LogP contribution in [-0.2, 0) is 20.9 Å². The van der Waals surface area contributed by atoms with Crippen LogP contribution >= 0.6 is 12.2 Å². The van der Waals surface area contributed by atoms with E-state index in [1.807, 2.05) is 4.57 Å². The van der Waals surface area contributed by atoms with Gasteiger partial charge in [0, 0.05) is 18.9 Å². The first-order valence-corrected chi connectivity index (χ1v) is 9.55. The zero-order chi connectivity index (χ0) is 19.7. The van der Waals surface area contributed by atoms with Crippen molar-refractivity contribution in [1.29, 1.82) is 0 Å². The van der Waals surface area contributed by atoms with Crippen molar-refractivity contribution in [2.75, 3.05) is 16.8 Å². The fourth-order valence-electron chi connectivity index (χ4n) is 3.25. The number of H-pyrrole nitrogens is 1. The van der Waals surface area contributed by atoms with Crippen LogP contribution in [-0.4, -0.2) is 39.0 Å². The number of anilines is 2. The van der Waals surface area contributed by atoms with E-state index in [1.165, 1.54) is 4.90 Å². The number of hydrogen-bond acceptors (Lipinski definition) is 5. The molecule has 9 nitrogen and oxygen atoms in total. The number of fused-ring (bicyclic) bond motifs is 1. The molecule has 0 atom stereocenters. The maximum absolute atomic E-state index is 12.6. The van der Waals surface area contributed by atoms with E-state index in [9.17, 15) is 14.4 Å². The van der Waals surface area contributed by atoms with Crippen LogP contribution in [0.25, 0.3) is 0 Å². The standard InChI is InChI=1S/C18H20N6O3S/c25-15(19-9-14-21-22-18(28)24(14)11-5-6-11)7-8-17(27)23-10-16(26)20-12-3-1-2-4-13(12)23/h1-4,11H,5-10H2,(H,19,25)(H,20,26)(H,22,28). The van der Waals surface area contributed by atoms with Crippen LogP contribution < -0.4 is 15.5 Å². The van der Waals surface area contributed by atoms with E-state index in [-0.39, 0.29) is 43.7 Å². The largest absolute Gasteiger partial charge is 0.349 e. The minimum absolute atomic E-state index is 0.0168. The molecule has 0 saturated heterocycles. The fourth-order valence-corrected chi connectivity index (χ4v) is 3.55. The smallest absolute Gasteiger partial charge is 0.244 e. The highest BCUT2D eigenvalue weighted by molar-refractivity contribution is 7.71. The van der Waals surface area contributed by atoms with Crippen molar-refractivity contribution in [1.82, 2.24) is 20.1 Å². The second kappa shape index (κ2) is 7.55. The Balaban J connectivity index is 1.32. The Morgan fingerprint density at radius 2 is 2.04 bits per heavy atom. The van der Waals surface area contributed by atoms with Crippen LogP contribution in [0, 0.1) is 4.77 Å². The third kappa shape index (κ3) is 3.81. The predicted molar refractivity (Wildman–Crippen MR) is 104 cm³/mol. The summed E-state index contributed by atoms with van der Waals surface area (Å²) in [6.07, 6.45) is 2.18. The van der Waals surface area contributed by atoms with Crippen LogP contribution in [0.5, 0.6) is 0 Å². The Hall–Kier alpha value is -3.01. The molecular weight excluding hydrogens is 380 g/mol. The van der Waals surface area contributed by atoms with Gasteiger partial charge in [0.05, 0.1) is 17.9 Å². The molecule has 1 fully saturated rings. The molecule has 1 saturated carbocycles. The van der Waals surface area contributed by atoms with Crippen molar-refractivity contribution in [3.05, 3.63) is 34.9 Å². The lowest BCUT2D eigenvalue weighted by atomic mass is 10.1. The summed E-state index contributed by atoms with van der Waals surface area (Å²) in [4.78, 5) is 38.0. The third-order valence-corrected chi connectivity index (χ3v) is 5.06. The molecule has 2 aromatic rings. The zero-order valence-corrected chi connectivity index (χ0v) is 15.9. The van der Waals surface area contributed by atoms with Gasteiger partial charge in [0.2, 0.25) is 17.7 Å². The van der Waals surface area contributed by atoms with Gasteiger partial charge >= 0.3 is 0 Å². The SMILES string of the molecule is O=C(CCC(=O)N1CC(=O)Nc2ccccc21)NCc1n[nH]c(=S)n1C1CC1. The molecule has 2 heterocycles. The Labute approximate surface area is 166 Å². The summed E-state index contributed by atoms with van der Waals surface area (Å²) >= 11 is 5.22. The number of rotatable bonds is 6. The van der Waals surface area contributed by atoms with Gasteiger partial charge < -0.3 is 15.5 Å². The number of aromatic nitrogens is 3. The molecule has 10 heteroatoms. The molecule has 146 valence electrons. The number of para-hydroxylation sites is 2. The van der Waals surface area contributed by atoms with Crippen LogP contribution in [0.15, 0.2) is 24.3 Å². The average molecular weight is 400 g/mol. The minimum Gasteiger partial charge on any atom is -0.349 e. The van der Waals surface area contributed by atoms with Gasteiger partial charge in [-0.15, -0.1) is 0 Å². The number of nitrogens with zero attached hydrogens (tertiary/aromatic N) is 3. The lowest BCUT2D eigenvalue weighted by Gasteiger charge is -2.29. The van der Waals surface area contributed by atoms with E-state index in [2.05, 4.69) is 20.8 Å². The van der Waals surface area contributed by atoms with Gasteiger partial charge in [0.15, 0.2) is 10.6 Å². The van der Waals surface area contributed by atoms with Gasteiger partial charge in [-0.05, 0) is 37.2 Å². The highest BCUT2D eigenvalue weighted by atomic mass is 32.1. The van der Waals surface area contributed by atoms with E-state index < -0.39 is 0 Å². The van der Waals surface area contributed by atoms with Crippen LogP contribution in [0.3, 0.4) is 0 Å². The first kappa shape index (κ1) is 18.4. The molecule has 1 aromatic carbocycles. The van der Waals surface area contributed by atoms with E-state index in [1.54, 1.807) is 24.3 Å². The Bertz CT molecular complexity index is 993. The van der Waals surface area contributed by atoms with Gasteiger partial charge in [-0.3, -0.25) is 24.0 Å². The van der Waals surface area contributed by atoms with Gasteiger partial charge in [-0.1, -0.05) is 12.1 Å². The molecule has 28 heavy (non-hydrogen) atoms. The third-order valence-electron chi connectivity index (χ3n) is 4.77. The normalized spacial score (nSPS) is 15.7. The quantitative estimate of drug-likeness (QED) is 0.639. The number of carbonyl (C=O) groups is 3. The van der Waals surface area contributed by atoms with E-state index >= 15 is 0 Å². The van der Waals surface area contributed by atoms with E-state index in [0.717, 1.165) is 12.8 Å². The Morgan fingerprint density at radius 1 is 1.25 bits per heavy atom. The van der Waals surface area contributed by atoms with E-state index in [0.29, 0.717) is 28.0 Å². The van der Waals surface area contributed by atoms with Crippen LogP contribution in [0.1, 0.15) is 37.5 Å². The summed E-state index contributed by atoms with van der Waals surface area (Å²) in [5, 5.41) is 12.4. The minimum atomic E-state index is -0.266. The predicted octanol–water partition coefficient (Wildman–Crippen LogP) is 1.66. The van der Waals surface area contributed by atoms with Gasteiger partial charge in [-0.2, -0.15) is 5.10 Å². The van der Waals surface area contributed by atoms with Crippen molar-refractivity contribution in [2.45, 2.75) is 38.3 Å². The fraction of sp³-hybridized carbons (Fsp3) is 0.389. The molecule has 3 N–H and O–H groups in total. The number of carbonyl (C=O) groups excluding carboxylic acids is 3. The highest BCUT2D eigenvalue weighted by Crippen LogP contribution is 2.35. The molecule has 1 aliphatic heterocycles. The Morgan fingerprint density at radius 3 is 2.82 bits per heavy atom. The molecule has 1 aromatic heterocycles. The Kier molecular flexibility index (Phi) is 4.95. The number of amides is 3. The van der Waals surface area contributed by atoms with Crippen molar-refractivity contribution >= 4 is 41.3 Å². The average Bonchev–Trinajstić information content (AvgIpc) is 3.46. The van der Waals surface area contributed by atoms with Crippen molar-refractivity contribution in [2.24, 2.45) is 0 Å². The maximum Gasteiger partial charge on any atom is 0.244 e. The van der Waals surface area contributed by atoms with Crippen molar-refractivity contribution in [3.63, 3.8) is 0 Å². The topological polar surface area (TPSA) is 112 Å². The number of aromatic amines is 1. The van der Waals surface area contributed by atoms with Crippen LogP contribution in [0.4, 0.5) is 11.4 Å². The molecule has 1 aliphatic carbocycles.